The van der Waals surface area contributed by atoms with Crippen LogP contribution < -0.4 is 5.32 Å². The zero-order chi connectivity index (χ0) is 54.3. The van der Waals surface area contributed by atoms with Crippen LogP contribution in [0.15, 0.2) is 24.3 Å². The van der Waals surface area contributed by atoms with Crippen LogP contribution in [-0.4, -0.2) is 87.5 Å². The predicted molar refractivity (Wildman–Crippen MR) is 318 cm³/mol. The maximum atomic E-state index is 13.1. The number of ether oxygens (including phenoxy) is 2. The highest BCUT2D eigenvalue weighted by atomic mass is 16.7. The van der Waals surface area contributed by atoms with Gasteiger partial charge in [-0.1, -0.05) is 321 Å². The first-order chi connectivity index (χ1) is 36.8. The van der Waals surface area contributed by atoms with Crippen molar-refractivity contribution in [3.8, 4) is 0 Å². The van der Waals surface area contributed by atoms with Gasteiger partial charge in [0.25, 0.3) is 0 Å². The molecule has 0 aliphatic carbocycles. The van der Waals surface area contributed by atoms with Gasteiger partial charge in [0.1, 0.15) is 24.4 Å². The third-order valence-corrected chi connectivity index (χ3v) is 16.0. The van der Waals surface area contributed by atoms with E-state index < -0.39 is 49.5 Å². The van der Waals surface area contributed by atoms with Crippen LogP contribution in [0.25, 0.3) is 0 Å². The third kappa shape index (κ3) is 45.1. The lowest BCUT2D eigenvalue weighted by molar-refractivity contribution is -0.302. The molecule has 0 aromatic heterocycles. The molecule has 1 heterocycles. The van der Waals surface area contributed by atoms with E-state index in [1.54, 1.807) is 6.08 Å². The SMILES string of the molecule is CCCCCCCCCCCCCCCCCCCC/C=C/CC/C=C/C(O)C(COC1OC(CO)C(O)C(O)C1O)NC(=O)CCCCCCCCCCCCCCCCCCCCCCCCCCCCCC. The number of unbranched alkanes of at least 4 members (excludes halogenated alkanes) is 46. The molecule has 0 aromatic carbocycles. The summed E-state index contributed by atoms with van der Waals surface area (Å²) in [5.74, 6) is -0.179. The molecule has 9 heteroatoms. The van der Waals surface area contributed by atoms with Gasteiger partial charge in [-0.15, -0.1) is 0 Å². The van der Waals surface area contributed by atoms with Crippen molar-refractivity contribution >= 4 is 5.91 Å². The summed E-state index contributed by atoms with van der Waals surface area (Å²) in [6, 6.07) is -0.819. The van der Waals surface area contributed by atoms with Gasteiger partial charge in [-0.25, -0.2) is 0 Å². The fraction of sp³-hybridized carbons (Fsp3) is 0.924. The molecular formula is C66H127NO8. The van der Waals surface area contributed by atoms with E-state index in [-0.39, 0.29) is 12.5 Å². The molecule has 0 radical (unpaired) electrons. The fourth-order valence-corrected chi connectivity index (χ4v) is 10.8. The monoisotopic (exact) mass is 1060 g/mol. The molecule has 1 aliphatic heterocycles. The van der Waals surface area contributed by atoms with Crippen molar-refractivity contribution in [2.45, 2.75) is 378 Å². The number of carbonyl (C=O) groups excluding carboxylic acids is 1. The van der Waals surface area contributed by atoms with Gasteiger partial charge in [0, 0.05) is 6.42 Å². The summed E-state index contributed by atoms with van der Waals surface area (Å²) in [5, 5.41) is 54.7. The van der Waals surface area contributed by atoms with Crippen molar-refractivity contribution in [3.63, 3.8) is 0 Å². The molecule has 7 unspecified atom stereocenters. The van der Waals surface area contributed by atoms with Gasteiger partial charge in [0.2, 0.25) is 5.91 Å². The first kappa shape index (κ1) is 71.7. The van der Waals surface area contributed by atoms with Crippen LogP contribution in [0, 0.1) is 0 Å². The lowest BCUT2D eigenvalue weighted by Crippen LogP contribution is -2.60. The molecule has 0 aromatic rings. The van der Waals surface area contributed by atoms with E-state index in [0.29, 0.717) is 6.42 Å². The molecule has 1 amide bonds. The smallest absolute Gasteiger partial charge is 0.220 e. The van der Waals surface area contributed by atoms with Crippen molar-refractivity contribution in [3.05, 3.63) is 24.3 Å². The van der Waals surface area contributed by atoms with Gasteiger partial charge in [-0.05, 0) is 32.1 Å². The molecule has 0 saturated carbocycles. The molecule has 7 atom stereocenters. The molecule has 1 aliphatic rings. The number of aliphatic hydroxyl groups is 5. The lowest BCUT2D eigenvalue weighted by Gasteiger charge is -2.40. The van der Waals surface area contributed by atoms with Gasteiger partial charge in [0.15, 0.2) is 6.29 Å². The van der Waals surface area contributed by atoms with Crippen LogP contribution in [0.3, 0.4) is 0 Å². The molecule has 75 heavy (non-hydrogen) atoms. The van der Waals surface area contributed by atoms with Gasteiger partial charge in [-0.3, -0.25) is 4.79 Å². The number of hydrogen-bond donors (Lipinski definition) is 6. The molecule has 444 valence electrons. The highest BCUT2D eigenvalue weighted by Crippen LogP contribution is 2.23. The van der Waals surface area contributed by atoms with Crippen molar-refractivity contribution in [1.82, 2.24) is 5.32 Å². The first-order valence-corrected chi connectivity index (χ1v) is 33.1. The molecular weight excluding hydrogens is 935 g/mol. The molecule has 1 rings (SSSR count). The number of amides is 1. The Bertz CT molecular complexity index is 1230. The Balaban J connectivity index is 2.16. The molecule has 6 N–H and O–H groups in total. The van der Waals surface area contributed by atoms with Crippen molar-refractivity contribution < 1.29 is 39.8 Å². The molecule has 1 saturated heterocycles. The Hall–Kier alpha value is -1.33. The summed E-state index contributed by atoms with van der Waals surface area (Å²) in [6.07, 6.45) is 65.6. The predicted octanol–water partition coefficient (Wildman–Crippen LogP) is 17.3. The van der Waals surface area contributed by atoms with E-state index in [0.717, 1.165) is 38.5 Å². The largest absolute Gasteiger partial charge is 0.394 e. The quantitative estimate of drug-likeness (QED) is 0.0261. The number of carbonyl (C=O) groups is 1. The summed E-state index contributed by atoms with van der Waals surface area (Å²) in [4.78, 5) is 13.1. The Labute approximate surface area is 464 Å². The van der Waals surface area contributed by atoms with Crippen molar-refractivity contribution in [1.29, 1.82) is 0 Å². The lowest BCUT2D eigenvalue weighted by atomic mass is 9.99. The van der Waals surface area contributed by atoms with Crippen LogP contribution in [0.5, 0.6) is 0 Å². The Morgan fingerprint density at radius 1 is 0.440 bits per heavy atom. The minimum atomic E-state index is -1.57. The van der Waals surface area contributed by atoms with Crippen LogP contribution >= 0.6 is 0 Å². The third-order valence-electron chi connectivity index (χ3n) is 16.0. The van der Waals surface area contributed by atoms with E-state index in [1.807, 2.05) is 6.08 Å². The van der Waals surface area contributed by atoms with Gasteiger partial charge < -0.3 is 40.3 Å². The summed E-state index contributed by atoms with van der Waals surface area (Å²) in [7, 11) is 0. The number of hydrogen-bond acceptors (Lipinski definition) is 8. The fourth-order valence-electron chi connectivity index (χ4n) is 10.8. The minimum absolute atomic E-state index is 0.179. The molecule has 1 fully saturated rings. The number of aliphatic hydroxyl groups excluding tert-OH is 5. The highest BCUT2D eigenvalue weighted by Gasteiger charge is 2.44. The van der Waals surface area contributed by atoms with Gasteiger partial charge in [-0.2, -0.15) is 0 Å². The Morgan fingerprint density at radius 3 is 1.12 bits per heavy atom. The van der Waals surface area contributed by atoms with Crippen molar-refractivity contribution in [2.24, 2.45) is 0 Å². The zero-order valence-corrected chi connectivity index (χ0v) is 49.6. The van der Waals surface area contributed by atoms with E-state index >= 15 is 0 Å². The van der Waals surface area contributed by atoms with E-state index in [1.165, 1.54) is 276 Å². The van der Waals surface area contributed by atoms with E-state index in [9.17, 15) is 30.3 Å². The number of nitrogens with one attached hydrogen (secondary N) is 1. The van der Waals surface area contributed by atoms with E-state index in [2.05, 4.69) is 31.3 Å². The minimum Gasteiger partial charge on any atom is -0.394 e. The van der Waals surface area contributed by atoms with Crippen LogP contribution in [0.4, 0.5) is 0 Å². The molecule has 0 spiro atoms. The second kappa shape index (κ2) is 56.0. The normalized spacial score (nSPS) is 18.9. The number of rotatable bonds is 58. The maximum Gasteiger partial charge on any atom is 0.220 e. The van der Waals surface area contributed by atoms with E-state index in [4.69, 9.17) is 9.47 Å². The standard InChI is InChI=1S/C66H127NO8/c1-3-5-7-9-11-13-15-17-19-21-23-25-27-29-30-31-32-34-36-38-40-42-44-46-48-50-52-54-56-62(70)67-59(58-74-66-65(73)64(72)63(71)61(57-68)75-66)60(69)55-53-51-49-47-45-43-41-39-37-35-33-28-26-24-22-20-18-16-14-12-10-8-6-4-2/h45,47,53,55,59-61,63-66,68-69,71-73H,3-44,46,48-52,54,56-58H2,1-2H3,(H,67,70)/b47-45+,55-53+. The number of allylic oxidation sites excluding steroid dienone is 3. The highest BCUT2D eigenvalue weighted by molar-refractivity contribution is 5.76. The molecule has 9 nitrogen and oxygen atoms in total. The second-order valence-electron chi connectivity index (χ2n) is 23.3. The second-order valence-corrected chi connectivity index (χ2v) is 23.3. The topological polar surface area (TPSA) is 149 Å². The van der Waals surface area contributed by atoms with Gasteiger partial charge >= 0.3 is 0 Å². The zero-order valence-electron chi connectivity index (χ0n) is 49.6. The average Bonchev–Trinajstić information content (AvgIpc) is 3.41. The summed E-state index contributed by atoms with van der Waals surface area (Å²) in [5.41, 5.74) is 0. The average molecular weight is 1060 g/mol. The van der Waals surface area contributed by atoms with Crippen molar-refractivity contribution in [2.75, 3.05) is 13.2 Å². The van der Waals surface area contributed by atoms with Crippen LogP contribution in [0.2, 0.25) is 0 Å². The maximum absolute atomic E-state index is 13.1. The Morgan fingerprint density at radius 2 is 0.760 bits per heavy atom. The first-order valence-electron chi connectivity index (χ1n) is 33.1. The summed E-state index contributed by atoms with van der Waals surface area (Å²) >= 11 is 0. The summed E-state index contributed by atoms with van der Waals surface area (Å²) in [6.45, 7) is 3.82. The van der Waals surface area contributed by atoms with Crippen LogP contribution in [-0.2, 0) is 14.3 Å². The summed E-state index contributed by atoms with van der Waals surface area (Å²) < 4.78 is 11.3. The van der Waals surface area contributed by atoms with Gasteiger partial charge in [0.05, 0.1) is 25.4 Å². The molecule has 0 bridgehead atoms. The Kier molecular flexibility index (Phi) is 53.5. The van der Waals surface area contributed by atoms with Crippen LogP contribution in [0.1, 0.15) is 335 Å².